The van der Waals surface area contributed by atoms with Crippen LogP contribution >= 0.6 is 11.3 Å². The molecular weight excluding hydrogens is 254 g/mol. The second-order valence-corrected chi connectivity index (χ2v) is 7.31. The van der Waals surface area contributed by atoms with E-state index >= 15 is 0 Å². The van der Waals surface area contributed by atoms with Crippen LogP contribution in [0.5, 0.6) is 0 Å². The Kier molecular flexibility index (Phi) is 3.87. The zero-order valence-electron chi connectivity index (χ0n) is 9.50. The Hall–Kier alpha value is -0.830. The van der Waals surface area contributed by atoms with Crippen LogP contribution in [0.2, 0.25) is 0 Å². The summed E-state index contributed by atoms with van der Waals surface area (Å²) in [6, 6.07) is 2.13. The largest absolute Gasteiger partial charge is 0.284 e. The van der Waals surface area contributed by atoms with Gasteiger partial charge in [-0.3, -0.25) is 4.90 Å². The number of hydrogen-bond donors (Lipinski definition) is 0. The molecule has 0 N–H and O–H groups in total. The molecule has 0 bridgehead atoms. The van der Waals surface area contributed by atoms with Crippen LogP contribution in [-0.4, -0.2) is 37.4 Å². The quantitative estimate of drug-likeness (QED) is 0.775. The van der Waals surface area contributed by atoms with Crippen molar-refractivity contribution >= 4 is 21.2 Å². The molecule has 1 fully saturated rings. The minimum absolute atomic E-state index is 0.0796. The van der Waals surface area contributed by atoms with Crippen molar-refractivity contribution in [1.29, 1.82) is 0 Å². The van der Waals surface area contributed by atoms with Gasteiger partial charge in [0, 0.05) is 12.6 Å². The van der Waals surface area contributed by atoms with Gasteiger partial charge in [0.1, 0.15) is 0 Å². The van der Waals surface area contributed by atoms with Crippen LogP contribution in [0.3, 0.4) is 0 Å². The lowest BCUT2D eigenvalue weighted by molar-refractivity contribution is 0.231. The van der Waals surface area contributed by atoms with Gasteiger partial charge in [0.2, 0.25) is 0 Å². The van der Waals surface area contributed by atoms with Crippen LogP contribution in [0.4, 0.5) is 0 Å². The number of terminal acetylenes is 1. The van der Waals surface area contributed by atoms with Crippen molar-refractivity contribution in [2.75, 3.05) is 18.1 Å². The molecule has 0 radical (unpaired) electrons. The molecule has 2 heterocycles. The first kappa shape index (κ1) is 12.6. The lowest BCUT2D eigenvalue weighted by Crippen LogP contribution is -2.35. The number of thiophene rings is 1. The van der Waals surface area contributed by atoms with E-state index < -0.39 is 9.84 Å². The molecule has 5 heteroatoms. The van der Waals surface area contributed by atoms with E-state index in [4.69, 9.17) is 6.42 Å². The minimum Gasteiger partial charge on any atom is -0.284 e. The number of rotatable bonds is 4. The molecule has 1 aromatic heterocycles. The van der Waals surface area contributed by atoms with E-state index in [1.807, 2.05) is 5.38 Å². The molecule has 1 aliphatic rings. The van der Waals surface area contributed by atoms with Gasteiger partial charge in [-0.05, 0) is 28.8 Å². The first-order chi connectivity index (χ1) is 8.11. The van der Waals surface area contributed by atoms with Crippen LogP contribution in [0.25, 0.3) is 0 Å². The zero-order valence-corrected chi connectivity index (χ0v) is 11.1. The third kappa shape index (κ3) is 3.32. The summed E-state index contributed by atoms with van der Waals surface area (Å²) >= 11 is 1.65. The molecule has 1 atom stereocenters. The van der Waals surface area contributed by atoms with Crippen LogP contribution in [-0.2, 0) is 16.4 Å². The van der Waals surface area contributed by atoms with Gasteiger partial charge in [-0.1, -0.05) is 5.92 Å². The first-order valence-electron chi connectivity index (χ1n) is 5.50. The Balaban J connectivity index is 2.05. The molecule has 0 spiro atoms. The normalized spacial score (nSPS) is 22.7. The van der Waals surface area contributed by atoms with Crippen molar-refractivity contribution in [2.45, 2.75) is 19.0 Å². The van der Waals surface area contributed by atoms with Gasteiger partial charge in [-0.15, -0.1) is 6.42 Å². The number of sulfone groups is 1. The number of nitrogens with zero attached hydrogens (tertiary/aromatic N) is 1. The summed E-state index contributed by atoms with van der Waals surface area (Å²) in [7, 11) is -2.85. The van der Waals surface area contributed by atoms with Gasteiger partial charge in [0.05, 0.1) is 18.1 Å². The van der Waals surface area contributed by atoms with Crippen molar-refractivity contribution in [2.24, 2.45) is 0 Å². The highest BCUT2D eigenvalue weighted by atomic mass is 32.2. The van der Waals surface area contributed by atoms with E-state index in [1.165, 1.54) is 5.56 Å². The SMILES string of the molecule is C#CCN(Cc1ccsc1)C1CCS(=O)(=O)C1. The molecule has 0 amide bonds. The molecule has 1 aromatic rings. The third-order valence-corrected chi connectivity index (χ3v) is 5.47. The van der Waals surface area contributed by atoms with Crippen molar-refractivity contribution in [3.63, 3.8) is 0 Å². The second-order valence-electron chi connectivity index (χ2n) is 4.30. The Morgan fingerprint density at radius 2 is 2.41 bits per heavy atom. The second kappa shape index (κ2) is 5.21. The maximum atomic E-state index is 11.5. The summed E-state index contributed by atoms with van der Waals surface area (Å²) in [5, 5.41) is 4.10. The summed E-state index contributed by atoms with van der Waals surface area (Å²) in [4.78, 5) is 2.09. The standard InChI is InChI=1S/C12H15NO2S2/c1-2-5-13(8-11-3-6-16-9-11)12-4-7-17(14,15)10-12/h1,3,6,9,12H,4-5,7-8,10H2. The molecule has 2 rings (SSSR count). The van der Waals surface area contributed by atoms with Gasteiger partial charge < -0.3 is 0 Å². The van der Waals surface area contributed by atoms with E-state index in [-0.39, 0.29) is 11.8 Å². The maximum absolute atomic E-state index is 11.5. The monoisotopic (exact) mass is 269 g/mol. The van der Waals surface area contributed by atoms with Crippen molar-refractivity contribution in [3.05, 3.63) is 22.4 Å². The van der Waals surface area contributed by atoms with Gasteiger partial charge in [-0.25, -0.2) is 8.42 Å². The fraction of sp³-hybridized carbons (Fsp3) is 0.500. The molecule has 1 unspecified atom stereocenters. The van der Waals surface area contributed by atoms with E-state index in [0.29, 0.717) is 18.7 Å². The first-order valence-corrected chi connectivity index (χ1v) is 8.26. The van der Waals surface area contributed by atoms with E-state index in [2.05, 4.69) is 22.3 Å². The summed E-state index contributed by atoms with van der Waals surface area (Å²) in [5.74, 6) is 3.16. The predicted octanol–water partition coefficient (Wildman–Crippen LogP) is 1.37. The van der Waals surface area contributed by atoms with Crippen LogP contribution < -0.4 is 0 Å². The predicted molar refractivity (Wildman–Crippen MR) is 70.6 cm³/mol. The van der Waals surface area contributed by atoms with Crippen LogP contribution in [0.15, 0.2) is 16.8 Å². The van der Waals surface area contributed by atoms with Gasteiger partial charge >= 0.3 is 0 Å². The summed E-state index contributed by atoms with van der Waals surface area (Å²) < 4.78 is 23.0. The lowest BCUT2D eigenvalue weighted by atomic mass is 10.2. The summed E-state index contributed by atoms with van der Waals surface area (Å²) in [6.07, 6.45) is 6.06. The van der Waals surface area contributed by atoms with E-state index in [0.717, 1.165) is 6.54 Å². The topological polar surface area (TPSA) is 37.4 Å². The fourth-order valence-corrected chi connectivity index (χ4v) is 4.53. The minimum atomic E-state index is -2.85. The van der Waals surface area contributed by atoms with Gasteiger partial charge in [0.25, 0.3) is 0 Å². The zero-order chi connectivity index (χ0) is 12.3. The summed E-state index contributed by atoms with van der Waals surface area (Å²) in [5.41, 5.74) is 1.20. The van der Waals surface area contributed by atoms with Crippen molar-refractivity contribution in [3.8, 4) is 12.3 Å². The van der Waals surface area contributed by atoms with E-state index in [1.54, 1.807) is 11.3 Å². The molecule has 1 saturated heterocycles. The lowest BCUT2D eigenvalue weighted by Gasteiger charge is -2.25. The van der Waals surface area contributed by atoms with Crippen molar-refractivity contribution < 1.29 is 8.42 Å². The van der Waals surface area contributed by atoms with Crippen LogP contribution in [0.1, 0.15) is 12.0 Å². The number of hydrogen-bond acceptors (Lipinski definition) is 4. The average molecular weight is 269 g/mol. The highest BCUT2D eigenvalue weighted by Crippen LogP contribution is 2.20. The third-order valence-electron chi connectivity index (χ3n) is 2.98. The molecule has 0 saturated carbocycles. The smallest absolute Gasteiger partial charge is 0.151 e. The Bertz CT molecular complexity index is 499. The van der Waals surface area contributed by atoms with Gasteiger partial charge in [0.15, 0.2) is 9.84 Å². The Morgan fingerprint density at radius 1 is 1.59 bits per heavy atom. The Morgan fingerprint density at radius 3 is 2.94 bits per heavy atom. The molecule has 17 heavy (non-hydrogen) atoms. The van der Waals surface area contributed by atoms with Gasteiger partial charge in [-0.2, -0.15) is 11.3 Å². The molecular formula is C12H15NO2S2. The molecule has 3 nitrogen and oxygen atoms in total. The van der Waals surface area contributed by atoms with E-state index in [9.17, 15) is 8.42 Å². The highest BCUT2D eigenvalue weighted by Gasteiger charge is 2.31. The molecule has 0 aliphatic carbocycles. The van der Waals surface area contributed by atoms with Crippen LogP contribution in [0, 0.1) is 12.3 Å². The Labute approximate surface area is 106 Å². The molecule has 1 aliphatic heterocycles. The average Bonchev–Trinajstić information content (AvgIpc) is 2.87. The van der Waals surface area contributed by atoms with Crippen molar-refractivity contribution in [1.82, 2.24) is 4.90 Å². The fourth-order valence-electron chi connectivity index (χ4n) is 2.11. The summed E-state index contributed by atoms with van der Waals surface area (Å²) in [6.45, 7) is 1.25. The molecule has 0 aromatic carbocycles. The highest BCUT2D eigenvalue weighted by molar-refractivity contribution is 7.91. The maximum Gasteiger partial charge on any atom is 0.151 e. The molecule has 92 valence electrons.